The van der Waals surface area contributed by atoms with Crippen molar-refractivity contribution in [2.75, 3.05) is 11.9 Å². The van der Waals surface area contributed by atoms with E-state index in [4.69, 9.17) is 0 Å². The van der Waals surface area contributed by atoms with E-state index in [1.54, 1.807) is 0 Å². The zero-order valence-corrected chi connectivity index (χ0v) is 12.9. The van der Waals surface area contributed by atoms with Gasteiger partial charge in [0.05, 0.1) is 11.5 Å². The van der Waals surface area contributed by atoms with Crippen molar-refractivity contribution in [2.24, 2.45) is 0 Å². The molecule has 0 aliphatic rings. The number of nitrogens with one attached hydrogen (secondary N) is 3. The molecule has 0 atom stereocenters. The highest BCUT2D eigenvalue weighted by Gasteiger charge is 2.19. The molecule has 24 heavy (non-hydrogen) atoms. The molecule has 0 aliphatic heterocycles. The van der Waals surface area contributed by atoms with Gasteiger partial charge in [-0.1, -0.05) is 29.8 Å². The minimum Gasteiger partial charge on any atom is -0.376 e. The van der Waals surface area contributed by atoms with Crippen LogP contribution in [0.1, 0.15) is 15.9 Å². The van der Waals surface area contributed by atoms with E-state index in [0.717, 1.165) is 11.3 Å². The van der Waals surface area contributed by atoms with E-state index in [1.807, 2.05) is 31.2 Å². The van der Waals surface area contributed by atoms with E-state index in [2.05, 4.69) is 16.2 Å². The number of carbonyl (C=O) groups excluding carboxylic acids is 2. The summed E-state index contributed by atoms with van der Waals surface area (Å²) in [5.74, 6) is -1.24. The van der Waals surface area contributed by atoms with Crippen LogP contribution in [0.2, 0.25) is 0 Å². The molecule has 8 heteroatoms. The molecule has 2 aromatic carbocycles. The number of nitro benzene ring substituents is 1. The Hall–Kier alpha value is -3.42. The quantitative estimate of drug-likeness (QED) is 0.572. The molecule has 0 aliphatic carbocycles. The van der Waals surface area contributed by atoms with Crippen LogP contribution in [0, 0.1) is 17.0 Å². The van der Waals surface area contributed by atoms with Crippen LogP contribution in [0.3, 0.4) is 0 Å². The van der Waals surface area contributed by atoms with Crippen LogP contribution in [0.4, 0.5) is 11.4 Å². The first kappa shape index (κ1) is 16.9. The number of nitrogens with zero attached hydrogens (tertiary/aromatic N) is 1. The fourth-order valence-electron chi connectivity index (χ4n) is 1.92. The molecule has 0 heterocycles. The fourth-order valence-corrected chi connectivity index (χ4v) is 1.92. The van der Waals surface area contributed by atoms with Gasteiger partial charge in [0.25, 0.3) is 17.5 Å². The van der Waals surface area contributed by atoms with Gasteiger partial charge >= 0.3 is 0 Å². The van der Waals surface area contributed by atoms with E-state index < -0.39 is 16.7 Å². The normalized spacial score (nSPS) is 9.88. The Morgan fingerprint density at radius 3 is 2.38 bits per heavy atom. The Balaban J connectivity index is 1.86. The maximum Gasteiger partial charge on any atom is 0.282 e. The summed E-state index contributed by atoms with van der Waals surface area (Å²) < 4.78 is 0. The number of hydrogen-bond acceptors (Lipinski definition) is 5. The van der Waals surface area contributed by atoms with E-state index in [-0.39, 0.29) is 17.8 Å². The van der Waals surface area contributed by atoms with Crippen LogP contribution in [0.15, 0.2) is 48.5 Å². The van der Waals surface area contributed by atoms with Gasteiger partial charge in [0.1, 0.15) is 5.56 Å². The van der Waals surface area contributed by atoms with Crippen LogP contribution in [-0.2, 0) is 4.79 Å². The van der Waals surface area contributed by atoms with Crippen molar-refractivity contribution in [1.29, 1.82) is 0 Å². The summed E-state index contributed by atoms with van der Waals surface area (Å²) >= 11 is 0. The van der Waals surface area contributed by atoms with Crippen molar-refractivity contribution in [3.8, 4) is 0 Å². The van der Waals surface area contributed by atoms with Gasteiger partial charge in [-0.3, -0.25) is 30.6 Å². The van der Waals surface area contributed by atoms with E-state index in [0.29, 0.717) is 0 Å². The Kier molecular flexibility index (Phi) is 5.45. The lowest BCUT2D eigenvalue weighted by molar-refractivity contribution is -0.385. The minimum atomic E-state index is -0.758. The van der Waals surface area contributed by atoms with Crippen molar-refractivity contribution in [3.63, 3.8) is 0 Å². The maximum absolute atomic E-state index is 11.9. The molecule has 0 aromatic heterocycles. The SMILES string of the molecule is Cc1ccc(NCC(=O)NNC(=O)c2ccccc2[N+](=O)[O-])cc1. The molecule has 0 spiro atoms. The number of nitro groups is 1. The summed E-state index contributed by atoms with van der Waals surface area (Å²) in [6.45, 7) is 1.90. The van der Waals surface area contributed by atoms with Crippen molar-refractivity contribution in [2.45, 2.75) is 6.92 Å². The van der Waals surface area contributed by atoms with Gasteiger partial charge in [0.15, 0.2) is 0 Å². The molecule has 0 unspecified atom stereocenters. The van der Waals surface area contributed by atoms with Crippen molar-refractivity contribution >= 4 is 23.2 Å². The van der Waals surface area contributed by atoms with Gasteiger partial charge in [0, 0.05) is 11.8 Å². The average Bonchev–Trinajstić information content (AvgIpc) is 2.59. The molecule has 2 aromatic rings. The second-order valence-electron chi connectivity index (χ2n) is 5.00. The van der Waals surface area contributed by atoms with Gasteiger partial charge in [-0.15, -0.1) is 0 Å². The molecule has 0 saturated carbocycles. The highest BCUT2D eigenvalue weighted by Crippen LogP contribution is 2.16. The number of rotatable bonds is 5. The van der Waals surface area contributed by atoms with Crippen molar-refractivity contribution in [3.05, 3.63) is 69.8 Å². The number of amides is 2. The molecule has 8 nitrogen and oxygen atoms in total. The molecular formula is C16H16N4O4. The molecule has 0 fully saturated rings. The second-order valence-corrected chi connectivity index (χ2v) is 5.00. The van der Waals surface area contributed by atoms with E-state index >= 15 is 0 Å². The molecular weight excluding hydrogens is 312 g/mol. The first-order valence-electron chi connectivity index (χ1n) is 7.10. The lowest BCUT2D eigenvalue weighted by Crippen LogP contribution is -2.44. The molecule has 0 radical (unpaired) electrons. The number of hydrazine groups is 1. The molecule has 0 bridgehead atoms. The number of anilines is 1. The summed E-state index contributed by atoms with van der Waals surface area (Å²) in [6, 6.07) is 12.9. The largest absolute Gasteiger partial charge is 0.376 e. The number of para-hydroxylation sites is 1. The van der Waals surface area contributed by atoms with Gasteiger partial charge in [-0.25, -0.2) is 0 Å². The number of carbonyl (C=O) groups is 2. The topological polar surface area (TPSA) is 113 Å². The molecule has 0 saturated heterocycles. The Morgan fingerprint density at radius 1 is 1.04 bits per heavy atom. The van der Waals surface area contributed by atoms with Crippen LogP contribution in [0.5, 0.6) is 0 Å². The Bertz CT molecular complexity index is 759. The fraction of sp³-hybridized carbons (Fsp3) is 0.125. The summed E-state index contributed by atoms with van der Waals surface area (Å²) in [7, 11) is 0. The maximum atomic E-state index is 11.9. The Labute approximate surface area is 138 Å². The lowest BCUT2D eigenvalue weighted by atomic mass is 10.2. The number of aryl methyl sites for hydroxylation is 1. The van der Waals surface area contributed by atoms with Crippen molar-refractivity contribution < 1.29 is 14.5 Å². The third-order valence-electron chi connectivity index (χ3n) is 3.17. The Morgan fingerprint density at radius 2 is 1.71 bits per heavy atom. The summed E-state index contributed by atoms with van der Waals surface area (Å²) in [6.07, 6.45) is 0. The summed E-state index contributed by atoms with van der Waals surface area (Å²) in [5.41, 5.74) is 5.76. The second kappa shape index (κ2) is 7.73. The zero-order chi connectivity index (χ0) is 17.5. The average molecular weight is 328 g/mol. The van der Waals surface area contributed by atoms with E-state index in [1.165, 1.54) is 24.3 Å². The first-order valence-corrected chi connectivity index (χ1v) is 7.10. The van der Waals surface area contributed by atoms with Crippen LogP contribution >= 0.6 is 0 Å². The molecule has 2 rings (SSSR count). The summed E-state index contributed by atoms with van der Waals surface area (Å²) in [4.78, 5) is 33.9. The van der Waals surface area contributed by atoms with Gasteiger partial charge < -0.3 is 5.32 Å². The van der Waals surface area contributed by atoms with Crippen molar-refractivity contribution in [1.82, 2.24) is 10.9 Å². The van der Waals surface area contributed by atoms with Gasteiger partial charge in [-0.2, -0.15) is 0 Å². The van der Waals surface area contributed by atoms with Crippen LogP contribution < -0.4 is 16.2 Å². The summed E-state index contributed by atoms with van der Waals surface area (Å²) in [5, 5.41) is 13.8. The number of hydrogen-bond donors (Lipinski definition) is 3. The number of benzene rings is 2. The van der Waals surface area contributed by atoms with Crippen LogP contribution in [0.25, 0.3) is 0 Å². The zero-order valence-electron chi connectivity index (χ0n) is 12.9. The third kappa shape index (κ3) is 4.54. The highest BCUT2D eigenvalue weighted by molar-refractivity contribution is 5.99. The standard InChI is InChI=1S/C16H16N4O4/c1-11-6-8-12(9-7-11)17-10-15(21)18-19-16(22)13-4-2-3-5-14(13)20(23)24/h2-9,17H,10H2,1H3,(H,18,21)(H,19,22). The first-order chi connectivity index (χ1) is 11.5. The minimum absolute atomic E-state index is 0.0553. The smallest absolute Gasteiger partial charge is 0.282 e. The lowest BCUT2D eigenvalue weighted by Gasteiger charge is -2.09. The monoisotopic (exact) mass is 328 g/mol. The molecule has 2 amide bonds. The predicted molar refractivity (Wildman–Crippen MR) is 88.4 cm³/mol. The molecule has 3 N–H and O–H groups in total. The molecule has 124 valence electrons. The third-order valence-corrected chi connectivity index (χ3v) is 3.17. The van der Waals surface area contributed by atoms with E-state index in [9.17, 15) is 19.7 Å². The highest BCUT2D eigenvalue weighted by atomic mass is 16.6. The predicted octanol–water partition coefficient (Wildman–Crippen LogP) is 1.78. The van der Waals surface area contributed by atoms with Crippen LogP contribution in [-0.4, -0.2) is 23.3 Å². The van der Waals surface area contributed by atoms with Gasteiger partial charge in [-0.05, 0) is 25.1 Å². The van der Waals surface area contributed by atoms with Gasteiger partial charge in [0.2, 0.25) is 0 Å².